The maximum atomic E-state index is 13.1. The van der Waals surface area contributed by atoms with E-state index in [4.69, 9.17) is 4.74 Å². The largest absolute Gasteiger partial charge is 0.381 e. The van der Waals surface area contributed by atoms with Crippen LogP contribution in [0.15, 0.2) is 29.3 Å². The summed E-state index contributed by atoms with van der Waals surface area (Å²) in [5, 5.41) is 3.37. The zero-order valence-corrected chi connectivity index (χ0v) is 17.8. The molecule has 1 amide bonds. The molecule has 1 aromatic rings. The predicted molar refractivity (Wildman–Crippen MR) is 115 cm³/mol. The summed E-state index contributed by atoms with van der Waals surface area (Å²) in [7, 11) is 1.80. The van der Waals surface area contributed by atoms with E-state index in [1.807, 2.05) is 4.90 Å². The summed E-state index contributed by atoms with van der Waals surface area (Å²) in [6, 6.07) is 6.55. The summed E-state index contributed by atoms with van der Waals surface area (Å²) in [5.74, 6) is 0.822. The van der Waals surface area contributed by atoms with Gasteiger partial charge in [-0.05, 0) is 37.1 Å². The molecule has 164 valence electrons. The minimum atomic E-state index is -0.226. The molecule has 3 aliphatic heterocycles. The highest BCUT2D eigenvalue weighted by atomic mass is 19.1. The van der Waals surface area contributed by atoms with E-state index in [1.54, 1.807) is 19.2 Å². The fourth-order valence-corrected chi connectivity index (χ4v) is 4.72. The number of hydrogen-bond acceptors (Lipinski definition) is 4. The second kappa shape index (κ2) is 9.20. The van der Waals surface area contributed by atoms with Crippen molar-refractivity contribution in [3.8, 4) is 0 Å². The molecular formula is C22H32FN5O2. The van der Waals surface area contributed by atoms with Gasteiger partial charge in [0.1, 0.15) is 5.82 Å². The van der Waals surface area contributed by atoms with Gasteiger partial charge < -0.3 is 24.8 Å². The monoisotopic (exact) mass is 417 g/mol. The van der Waals surface area contributed by atoms with Crippen molar-refractivity contribution in [2.75, 3.05) is 71.0 Å². The average Bonchev–Trinajstić information content (AvgIpc) is 3.41. The lowest BCUT2D eigenvalue weighted by atomic mass is 9.87. The first-order valence-corrected chi connectivity index (χ1v) is 10.9. The van der Waals surface area contributed by atoms with Crippen LogP contribution >= 0.6 is 0 Å². The number of ether oxygens (including phenoxy) is 1. The molecule has 0 saturated carbocycles. The summed E-state index contributed by atoms with van der Waals surface area (Å²) in [6.07, 6.45) is 2.73. The molecular weight excluding hydrogens is 385 g/mol. The van der Waals surface area contributed by atoms with Gasteiger partial charge in [0.05, 0.1) is 6.61 Å². The van der Waals surface area contributed by atoms with Gasteiger partial charge in [-0.25, -0.2) is 4.39 Å². The lowest BCUT2D eigenvalue weighted by Gasteiger charge is -2.36. The van der Waals surface area contributed by atoms with Crippen LogP contribution in [0.4, 0.5) is 10.1 Å². The lowest BCUT2D eigenvalue weighted by Crippen LogP contribution is -2.49. The third kappa shape index (κ3) is 4.69. The van der Waals surface area contributed by atoms with Gasteiger partial charge in [0.25, 0.3) is 0 Å². The minimum Gasteiger partial charge on any atom is -0.381 e. The smallest absolute Gasteiger partial charge is 0.224 e. The van der Waals surface area contributed by atoms with Crippen molar-refractivity contribution in [2.45, 2.75) is 19.3 Å². The number of aliphatic imine (C=N–C) groups is 1. The topological polar surface area (TPSA) is 60.4 Å². The number of piperazine rings is 1. The SMILES string of the molecule is CN=C(NCCC(=O)N1CCN(c2ccc(F)cc2)CC1)N1CCC2(CCOC2)C1. The van der Waals surface area contributed by atoms with E-state index < -0.39 is 0 Å². The molecule has 0 aliphatic carbocycles. The van der Waals surface area contributed by atoms with E-state index in [1.165, 1.54) is 12.1 Å². The third-order valence-electron chi connectivity index (χ3n) is 6.58. The van der Waals surface area contributed by atoms with E-state index >= 15 is 0 Å². The summed E-state index contributed by atoms with van der Waals surface area (Å²) in [5.41, 5.74) is 1.29. The van der Waals surface area contributed by atoms with Gasteiger partial charge in [-0.3, -0.25) is 9.79 Å². The van der Waals surface area contributed by atoms with E-state index in [-0.39, 0.29) is 17.1 Å². The van der Waals surface area contributed by atoms with Crippen molar-refractivity contribution in [3.05, 3.63) is 30.1 Å². The molecule has 8 heteroatoms. The standard InChI is InChI=1S/C22H32FN5O2/c1-24-21(28-10-7-22(16-28)8-15-30-17-22)25-9-6-20(29)27-13-11-26(12-14-27)19-4-2-18(23)3-5-19/h2-5H,6-17H2,1H3,(H,24,25). The van der Waals surface area contributed by atoms with Crippen molar-refractivity contribution in [1.82, 2.24) is 15.1 Å². The Morgan fingerprint density at radius 2 is 1.90 bits per heavy atom. The van der Waals surface area contributed by atoms with Gasteiger partial charge in [0.2, 0.25) is 5.91 Å². The normalized spacial score (nSPS) is 24.7. The summed E-state index contributed by atoms with van der Waals surface area (Å²) in [6.45, 7) is 7.19. The molecule has 0 radical (unpaired) electrons. The van der Waals surface area contributed by atoms with Crippen molar-refractivity contribution in [1.29, 1.82) is 0 Å². The molecule has 1 spiro atoms. The lowest BCUT2D eigenvalue weighted by molar-refractivity contribution is -0.131. The van der Waals surface area contributed by atoms with Crippen molar-refractivity contribution >= 4 is 17.6 Å². The Hall–Kier alpha value is -2.35. The molecule has 4 rings (SSSR count). The van der Waals surface area contributed by atoms with Crippen LogP contribution in [0.25, 0.3) is 0 Å². The van der Waals surface area contributed by atoms with Crippen molar-refractivity contribution < 1.29 is 13.9 Å². The predicted octanol–water partition coefficient (Wildman–Crippen LogP) is 1.55. The Morgan fingerprint density at radius 3 is 2.57 bits per heavy atom. The molecule has 0 bridgehead atoms. The molecule has 3 fully saturated rings. The Kier molecular flexibility index (Phi) is 6.41. The fraction of sp³-hybridized carbons (Fsp3) is 0.636. The first-order chi connectivity index (χ1) is 14.6. The molecule has 1 unspecified atom stereocenters. The highest BCUT2D eigenvalue weighted by Gasteiger charge is 2.42. The average molecular weight is 418 g/mol. The van der Waals surface area contributed by atoms with Gasteiger partial charge in [0.15, 0.2) is 5.96 Å². The number of amides is 1. The molecule has 1 N–H and O–H groups in total. The molecule has 30 heavy (non-hydrogen) atoms. The van der Waals surface area contributed by atoms with E-state index in [9.17, 15) is 9.18 Å². The number of nitrogens with zero attached hydrogens (tertiary/aromatic N) is 4. The third-order valence-corrected chi connectivity index (χ3v) is 6.58. The number of likely N-dealkylation sites (tertiary alicyclic amines) is 1. The zero-order chi connectivity index (χ0) is 21.0. The van der Waals surface area contributed by atoms with Gasteiger partial charge >= 0.3 is 0 Å². The molecule has 3 aliphatic rings. The Labute approximate surface area is 177 Å². The van der Waals surface area contributed by atoms with E-state index in [2.05, 4.69) is 20.1 Å². The van der Waals surface area contributed by atoms with Crippen LogP contribution in [-0.4, -0.2) is 87.7 Å². The number of carbonyl (C=O) groups is 1. The fourth-order valence-electron chi connectivity index (χ4n) is 4.72. The quantitative estimate of drug-likeness (QED) is 0.595. The van der Waals surface area contributed by atoms with Crippen LogP contribution < -0.4 is 10.2 Å². The van der Waals surface area contributed by atoms with Crippen LogP contribution in [0.1, 0.15) is 19.3 Å². The van der Waals surface area contributed by atoms with E-state index in [0.29, 0.717) is 26.1 Å². The van der Waals surface area contributed by atoms with Crippen LogP contribution in [0.2, 0.25) is 0 Å². The highest BCUT2D eigenvalue weighted by Crippen LogP contribution is 2.38. The Balaban J connectivity index is 1.19. The Morgan fingerprint density at radius 1 is 1.13 bits per heavy atom. The molecule has 0 aromatic heterocycles. The number of anilines is 1. The van der Waals surface area contributed by atoms with Crippen LogP contribution in [0, 0.1) is 11.2 Å². The first kappa shape index (κ1) is 20.9. The summed E-state index contributed by atoms with van der Waals surface area (Å²) >= 11 is 0. The molecule has 7 nitrogen and oxygen atoms in total. The van der Waals surface area contributed by atoms with Crippen LogP contribution in [-0.2, 0) is 9.53 Å². The number of halogens is 1. The van der Waals surface area contributed by atoms with Gasteiger partial charge in [-0.2, -0.15) is 0 Å². The number of hydrogen-bond donors (Lipinski definition) is 1. The van der Waals surface area contributed by atoms with Crippen LogP contribution in [0.5, 0.6) is 0 Å². The number of nitrogens with one attached hydrogen (secondary N) is 1. The summed E-state index contributed by atoms with van der Waals surface area (Å²) in [4.78, 5) is 23.5. The number of guanidine groups is 1. The molecule has 1 atom stereocenters. The number of carbonyl (C=O) groups excluding carboxylic acids is 1. The Bertz CT molecular complexity index is 755. The van der Waals surface area contributed by atoms with Crippen molar-refractivity contribution in [2.24, 2.45) is 10.4 Å². The molecule has 3 heterocycles. The van der Waals surface area contributed by atoms with Crippen LogP contribution in [0.3, 0.4) is 0 Å². The van der Waals surface area contributed by atoms with Gasteiger partial charge in [0, 0.05) is 77.0 Å². The maximum Gasteiger partial charge on any atom is 0.224 e. The van der Waals surface area contributed by atoms with Crippen molar-refractivity contribution in [3.63, 3.8) is 0 Å². The molecule has 3 saturated heterocycles. The zero-order valence-electron chi connectivity index (χ0n) is 17.8. The second-order valence-corrected chi connectivity index (χ2v) is 8.54. The second-order valence-electron chi connectivity index (χ2n) is 8.54. The minimum absolute atomic E-state index is 0.166. The van der Waals surface area contributed by atoms with E-state index in [0.717, 1.165) is 63.9 Å². The summed E-state index contributed by atoms with van der Waals surface area (Å²) < 4.78 is 18.7. The molecule has 1 aromatic carbocycles. The van der Waals surface area contributed by atoms with Gasteiger partial charge in [-0.15, -0.1) is 0 Å². The maximum absolute atomic E-state index is 13.1. The first-order valence-electron chi connectivity index (χ1n) is 10.9. The highest BCUT2D eigenvalue weighted by molar-refractivity contribution is 5.81. The number of rotatable bonds is 4. The number of benzene rings is 1. The van der Waals surface area contributed by atoms with Gasteiger partial charge in [-0.1, -0.05) is 0 Å².